The molecule has 4 heterocycles. The lowest BCUT2D eigenvalue weighted by Crippen LogP contribution is -2.46. The van der Waals surface area contributed by atoms with Gasteiger partial charge in [0.05, 0.1) is 30.0 Å². The molecule has 0 spiro atoms. The number of benzene rings is 2. The largest absolute Gasteiger partial charge is 0.331 e. The lowest BCUT2D eigenvalue weighted by molar-refractivity contribution is -0.121. The Hall–Kier alpha value is -6.17. The summed E-state index contributed by atoms with van der Waals surface area (Å²) < 4.78 is 0. The van der Waals surface area contributed by atoms with Crippen LogP contribution in [0.4, 0.5) is 33.6 Å². The summed E-state index contributed by atoms with van der Waals surface area (Å²) in [6.45, 7) is 5.93. The van der Waals surface area contributed by atoms with Crippen LogP contribution in [0.2, 0.25) is 0 Å². The fourth-order valence-corrected chi connectivity index (χ4v) is 5.77. The number of amides is 4. The summed E-state index contributed by atoms with van der Waals surface area (Å²) in [5, 5.41) is 8.96. The average molecular weight is 670 g/mol. The maximum Gasteiger partial charge on any atom is 0.330 e. The number of carbonyl (C=O) groups is 3. The number of hydrogen-bond donors (Lipinski definition) is 3. The maximum absolute atomic E-state index is 13.7. The molecule has 50 heavy (non-hydrogen) atoms. The highest BCUT2D eigenvalue weighted by Gasteiger charge is 2.32. The van der Waals surface area contributed by atoms with Crippen molar-refractivity contribution in [1.82, 2.24) is 20.3 Å². The first-order valence-electron chi connectivity index (χ1n) is 16.4. The SMILES string of the molecule is CC1=N/[C@@H](Cc2ccccc2)C(=O)N/C=C/C(C(=O)Nc2ccc(C)c(N3Cc4cnc(Nc5ccc(C)nc5)nc4N(C)C3=O)c2)C\C=C\1. The van der Waals surface area contributed by atoms with Crippen molar-refractivity contribution >= 4 is 52.4 Å². The number of allylic oxidation sites excluding steroid dienone is 2. The number of anilines is 5. The molecule has 0 saturated carbocycles. The van der Waals surface area contributed by atoms with Crippen LogP contribution in [-0.4, -0.2) is 51.6 Å². The summed E-state index contributed by atoms with van der Waals surface area (Å²) in [6, 6.07) is 18.1. The maximum atomic E-state index is 13.7. The second kappa shape index (κ2) is 14.9. The smallest absolute Gasteiger partial charge is 0.330 e. The Morgan fingerprint density at radius 3 is 2.56 bits per heavy atom. The highest BCUT2D eigenvalue weighted by molar-refractivity contribution is 6.06. The second-order valence-corrected chi connectivity index (χ2v) is 12.4. The molecule has 2 atom stereocenters. The van der Waals surface area contributed by atoms with Gasteiger partial charge in [-0.25, -0.2) is 9.78 Å². The van der Waals surface area contributed by atoms with Gasteiger partial charge in [0.25, 0.3) is 0 Å². The molecule has 1 unspecified atom stereocenters. The van der Waals surface area contributed by atoms with Crippen molar-refractivity contribution in [2.45, 2.75) is 46.2 Å². The molecule has 0 radical (unpaired) electrons. The number of hydrogen-bond acceptors (Lipinski definition) is 8. The van der Waals surface area contributed by atoms with Crippen LogP contribution in [0.3, 0.4) is 0 Å². The molecule has 254 valence electrons. The molecular formula is C38H39N9O3. The number of aromatic nitrogens is 3. The Morgan fingerprint density at radius 1 is 0.980 bits per heavy atom. The Labute approximate surface area is 291 Å². The minimum Gasteiger partial charge on any atom is -0.331 e. The molecule has 0 bridgehead atoms. The van der Waals surface area contributed by atoms with E-state index in [1.54, 1.807) is 42.6 Å². The van der Waals surface area contributed by atoms with E-state index < -0.39 is 12.0 Å². The van der Waals surface area contributed by atoms with Gasteiger partial charge < -0.3 is 16.0 Å². The van der Waals surface area contributed by atoms with Crippen molar-refractivity contribution in [2.24, 2.45) is 10.9 Å². The minimum absolute atomic E-state index is 0.249. The van der Waals surface area contributed by atoms with Crippen LogP contribution in [0.5, 0.6) is 0 Å². The number of carbonyl (C=O) groups excluding carboxylic acids is 3. The van der Waals surface area contributed by atoms with E-state index in [0.29, 0.717) is 41.7 Å². The Kier molecular flexibility index (Phi) is 10.1. The molecule has 0 saturated heterocycles. The lowest BCUT2D eigenvalue weighted by atomic mass is 10.0. The number of urea groups is 1. The van der Waals surface area contributed by atoms with Gasteiger partial charge in [0.1, 0.15) is 11.9 Å². The summed E-state index contributed by atoms with van der Waals surface area (Å²) in [5.41, 5.74) is 6.17. The lowest BCUT2D eigenvalue weighted by Gasteiger charge is -2.35. The van der Waals surface area contributed by atoms with E-state index in [1.807, 2.05) is 81.5 Å². The third-order valence-corrected chi connectivity index (χ3v) is 8.51. The summed E-state index contributed by atoms with van der Waals surface area (Å²) in [4.78, 5) is 61.5. The van der Waals surface area contributed by atoms with Crippen molar-refractivity contribution in [3.8, 4) is 0 Å². The highest BCUT2D eigenvalue weighted by atomic mass is 16.2. The van der Waals surface area contributed by atoms with E-state index >= 15 is 0 Å². The van der Waals surface area contributed by atoms with Crippen LogP contribution < -0.4 is 25.8 Å². The summed E-state index contributed by atoms with van der Waals surface area (Å²) >= 11 is 0. The van der Waals surface area contributed by atoms with Crippen LogP contribution in [-0.2, 0) is 22.6 Å². The van der Waals surface area contributed by atoms with E-state index in [9.17, 15) is 14.4 Å². The van der Waals surface area contributed by atoms with E-state index in [-0.39, 0.29) is 24.4 Å². The molecule has 2 aromatic carbocycles. The van der Waals surface area contributed by atoms with Crippen LogP contribution in [0.15, 0.2) is 102 Å². The third kappa shape index (κ3) is 7.92. The zero-order chi connectivity index (χ0) is 35.2. The normalized spacial score (nSPS) is 20.0. The Balaban J connectivity index is 1.16. The fourth-order valence-electron chi connectivity index (χ4n) is 5.77. The third-order valence-electron chi connectivity index (χ3n) is 8.51. The van der Waals surface area contributed by atoms with Gasteiger partial charge in [-0.1, -0.05) is 48.6 Å². The number of nitrogens with one attached hydrogen (secondary N) is 3. The van der Waals surface area contributed by atoms with Crippen LogP contribution in [0.1, 0.15) is 35.7 Å². The standard InChI is InChI=1S/C38H39N9O3/c1-24-13-15-30(43-35(48)28-12-8-9-26(3)42-32(36(49)39-18-17-28)19-27-10-6-5-7-11-27)20-33(24)47-23-29-21-41-37(45-34(29)46(4)38(47)50)44-31-16-14-25(2)40-22-31/h5-11,13-18,20-22,28,32H,12,19,23H2,1-4H3,(H,39,49)(H,43,48)(H,41,44,45)/b9-8+,18-17+,42-26-/t28?,32-/m0/s1. The summed E-state index contributed by atoms with van der Waals surface area (Å²) in [5.74, 6) is -0.204. The molecule has 2 aromatic heterocycles. The Bertz CT molecular complexity index is 1990. The average Bonchev–Trinajstić information content (AvgIpc) is 3.14. The highest BCUT2D eigenvalue weighted by Crippen LogP contribution is 2.33. The topological polar surface area (TPSA) is 145 Å². The number of aliphatic imine (C=N–C) groups is 1. The van der Waals surface area contributed by atoms with Gasteiger partial charge >= 0.3 is 6.03 Å². The Morgan fingerprint density at radius 2 is 1.78 bits per heavy atom. The van der Waals surface area contributed by atoms with E-state index in [4.69, 9.17) is 0 Å². The number of nitrogens with zero attached hydrogens (tertiary/aromatic N) is 6. The first-order valence-corrected chi connectivity index (χ1v) is 16.4. The van der Waals surface area contributed by atoms with Crippen LogP contribution in [0, 0.1) is 19.8 Å². The molecule has 0 aliphatic carbocycles. The molecule has 12 nitrogen and oxygen atoms in total. The van der Waals surface area contributed by atoms with Gasteiger partial charge in [-0.15, -0.1) is 0 Å². The van der Waals surface area contributed by atoms with Gasteiger partial charge in [0.2, 0.25) is 17.8 Å². The van der Waals surface area contributed by atoms with Crippen LogP contribution >= 0.6 is 0 Å². The van der Waals surface area contributed by atoms with E-state index in [1.165, 1.54) is 11.1 Å². The monoisotopic (exact) mass is 669 g/mol. The van der Waals surface area contributed by atoms with Crippen molar-refractivity contribution < 1.29 is 14.4 Å². The number of rotatable bonds is 7. The molecule has 2 aliphatic heterocycles. The predicted octanol–water partition coefficient (Wildman–Crippen LogP) is 6.03. The van der Waals surface area contributed by atoms with Crippen LogP contribution in [0.25, 0.3) is 0 Å². The molecule has 0 fully saturated rings. The summed E-state index contributed by atoms with van der Waals surface area (Å²) in [7, 11) is 1.68. The molecule has 6 rings (SSSR count). The molecule has 12 heteroatoms. The quantitative estimate of drug-likeness (QED) is 0.218. The van der Waals surface area contributed by atoms with E-state index in [0.717, 1.165) is 28.1 Å². The van der Waals surface area contributed by atoms with Crippen molar-refractivity contribution in [3.05, 3.63) is 120 Å². The number of pyridine rings is 1. The van der Waals surface area contributed by atoms with Crippen molar-refractivity contribution in [1.29, 1.82) is 0 Å². The van der Waals surface area contributed by atoms with Gasteiger partial charge in [0, 0.05) is 48.5 Å². The van der Waals surface area contributed by atoms with Crippen molar-refractivity contribution in [2.75, 3.05) is 27.5 Å². The molecule has 3 N–H and O–H groups in total. The number of aryl methyl sites for hydroxylation is 2. The van der Waals surface area contributed by atoms with Crippen molar-refractivity contribution in [3.63, 3.8) is 0 Å². The van der Waals surface area contributed by atoms with Gasteiger partial charge in [0.15, 0.2) is 0 Å². The first kappa shape index (κ1) is 33.7. The zero-order valence-corrected chi connectivity index (χ0v) is 28.4. The van der Waals surface area contributed by atoms with Gasteiger partial charge in [-0.05, 0) is 68.7 Å². The molecule has 2 aliphatic rings. The molecule has 4 aromatic rings. The van der Waals surface area contributed by atoms with Gasteiger partial charge in [-0.2, -0.15) is 4.98 Å². The summed E-state index contributed by atoms with van der Waals surface area (Å²) in [6.07, 6.45) is 11.2. The molecular weight excluding hydrogens is 630 g/mol. The molecule has 4 amide bonds. The van der Waals surface area contributed by atoms with E-state index in [2.05, 4.69) is 35.9 Å². The first-order chi connectivity index (χ1) is 24.1. The second-order valence-electron chi connectivity index (χ2n) is 12.4. The fraction of sp³-hybridized carbons (Fsp3) is 0.237. The minimum atomic E-state index is -0.604. The zero-order valence-electron chi connectivity index (χ0n) is 28.4. The number of fused-ring (bicyclic) bond motifs is 1. The predicted molar refractivity (Wildman–Crippen MR) is 196 cm³/mol. The van der Waals surface area contributed by atoms with Gasteiger partial charge in [-0.3, -0.25) is 29.4 Å².